The lowest BCUT2D eigenvalue weighted by atomic mass is 9.46. The summed E-state index contributed by atoms with van der Waals surface area (Å²) in [7, 11) is 1.49. The Kier molecular flexibility index (Phi) is 14.0. The van der Waals surface area contributed by atoms with Crippen LogP contribution in [-0.2, 0) is 44.6 Å². The van der Waals surface area contributed by atoms with Gasteiger partial charge in [0.15, 0.2) is 24.8 Å². The fourth-order valence-corrected chi connectivity index (χ4v) is 12.4. The van der Waals surface area contributed by atoms with Gasteiger partial charge in [-0.3, -0.25) is 4.79 Å². The van der Waals surface area contributed by atoms with E-state index in [1.807, 2.05) is 37.3 Å². The molecule has 15 heteroatoms. The van der Waals surface area contributed by atoms with Gasteiger partial charge in [0, 0.05) is 18.3 Å². The van der Waals surface area contributed by atoms with Crippen LogP contribution in [-0.4, -0.2) is 131 Å². The Hall–Kier alpha value is -3.48. The van der Waals surface area contributed by atoms with Crippen LogP contribution in [0.25, 0.3) is 0 Å². The molecule has 17 atom stereocenters. The van der Waals surface area contributed by atoms with Gasteiger partial charge in [-0.1, -0.05) is 62.8 Å². The maximum atomic E-state index is 13.5. The van der Waals surface area contributed by atoms with E-state index in [2.05, 4.69) is 19.9 Å². The summed E-state index contributed by atoms with van der Waals surface area (Å²) < 4.78 is 48.3. The van der Waals surface area contributed by atoms with Crippen molar-refractivity contribution in [1.82, 2.24) is 0 Å². The van der Waals surface area contributed by atoms with Crippen LogP contribution < -0.4 is 4.74 Å². The third kappa shape index (κ3) is 8.78. The molecule has 352 valence electrons. The monoisotopic (exact) mass is 894 g/mol. The number of aliphatic hydroxyl groups is 5. The predicted molar refractivity (Wildman–Crippen MR) is 228 cm³/mol. The Morgan fingerprint density at radius 2 is 1.55 bits per heavy atom. The average Bonchev–Trinajstić information content (AvgIpc) is 3.51. The molecule has 2 aliphatic heterocycles. The maximum Gasteiger partial charge on any atom is 0.338 e. The van der Waals surface area contributed by atoms with Crippen LogP contribution in [0.3, 0.4) is 0 Å². The minimum absolute atomic E-state index is 0.0254. The molecule has 0 bridgehead atoms. The fourth-order valence-electron chi connectivity index (χ4n) is 12.4. The van der Waals surface area contributed by atoms with Gasteiger partial charge in [-0.2, -0.15) is 0 Å². The van der Waals surface area contributed by atoms with Gasteiger partial charge in [0.25, 0.3) is 0 Å². The van der Waals surface area contributed by atoms with Crippen LogP contribution in [0.15, 0.2) is 66.2 Å². The number of carbonyl (C=O) groups excluding carboxylic acids is 2. The lowest BCUT2D eigenvalue weighted by Gasteiger charge is -2.59. The smallest absolute Gasteiger partial charge is 0.338 e. The summed E-state index contributed by atoms with van der Waals surface area (Å²) in [5.41, 5.74) is 0.337. The van der Waals surface area contributed by atoms with Crippen molar-refractivity contribution >= 4 is 11.9 Å². The molecule has 0 aromatic heterocycles. The highest BCUT2D eigenvalue weighted by atomic mass is 16.8. The third-order valence-electron chi connectivity index (χ3n) is 15.9. The van der Waals surface area contributed by atoms with Crippen molar-refractivity contribution in [3.05, 3.63) is 77.4 Å². The molecular weight excluding hydrogens is 829 g/mol. The van der Waals surface area contributed by atoms with Gasteiger partial charge in [0.1, 0.15) is 35.8 Å². The van der Waals surface area contributed by atoms with Crippen molar-refractivity contribution in [3.63, 3.8) is 0 Å². The Balaban J connectivity index is 1.07. The number of rotatable bonds is 13. The molecule has 4 aliphatic carbocycles. The summed E-state index contributed by atoms with van der Waals surface area (Å²) in [4.78, 5) is 26.2. The number of fused-ring (bicyclic) bond motifs is 5. The van der Waals surface area contributed by atoms with E-state index < -0.39 is 90.8 Å². The normalized spacial score (nSPS) is 41.1. The largest absolute Gasteiger partial charge is 0.497 e. The molecule has 2 saturated heterocycles. The summed E-state index contributed by atoms with van der Waals surface area (Å²) in [6.07, 6.45) is -5.31. The van der Waals surface area contributed by atoms with E-state index in [4.69, 9.17) is 37.9 Å². The van der Waals surface area contributed by atoms with Crippen LogP contribution in [0.2, 0.25) is 0 Å². The van der Waals surface area contributed by atoms with E-state index in [0.29, 0.717) is 31.1 Å². The molecule has 0 unspecified atom stereocenters. The average molecular weight is 895 g/mol. The lowest BCUT2D eigenvalue weighted by Crippen LogP contribution is -2.64. The van der Waals surface area contributed by atoms with E-state index in [0.717, 1.165) is 37.7 Å². The number of esters is 2. The Labute approximate surface area is 374 Å². The number of methoxy groups -OCH3 is 1. The molecule has 64 heavy (non-hydrogen) atoms. The van der Waals surface area contributed by atoms with E-state index in [9.17, 15) is 35.1 Å². The maximum absolute atomic E-state index is 13.5. The highest BCUT2D eigenvalue weighted by Gasteiger charge is 2.70. The van der Waals surface area contributed by atoms with Gasteiger partial charge in [0.2, 0.25) is 0 Å². The van der Waals surface area contributed by atoms with Crippen molar-refractivity contribution in [3.8, 4) is 5.75 Å². The van der Waals surface area contributed by atoms with Crippen molar-refractivity contribution in [2.24, 2.45) is 34.5 Å². The molecule has 2 aromatic rings. The first-order valence-electron chi connectivity index (χ1n) is 22.9. The second kappa shape index (κ2) is 19.0. The second-order valence-electron chi connectivity index (χ2n) is 19.5. The highest BCUT2D eigenvalue weighted by Crippen LogP contribution is 2.69. The van der Waals surface area contributed by atoms with Crippen molar-refractivity contribution in [2.45, 2.75) is 146 Å². The fraction of sp³-hybridized carbons (Fsp3) is 0.673. The van der Waals surface area contributed by atoms with Crippen LogP contribution in [0.5, 0.6) is 5.75 Å². The first-order chi connectivity index (χ1) is 30.6. The van der Waals surface area contributed by atoms with Gasteiger partial charge >= 0.3 is 11.9 Å². The van der Waals surface area contributed by atoms with Gasteiger partial charge < -0.3 is 63.4 Å². The van der Waals surface area contributed by atoms with Crippen molar-refractivity contribution in [2.75, 3.05) is 26.9 Å². The summed E-state index contributed by atoms with van der Waals surface area (Å²) in [5.74, 6) is -0.876. The Morgan fingerprint density at radius 3 is 2.25 bits per heavy atom. The molecule has 2 heterocycles. The number of hydrogen-bond acceptors (Lipinski definition) is 15. The van der Waals surface area contributed by atoms with Gasteiger partial charge in [-0.15, -0.1) is 0 Å². The quantitative estimate of drug-likeness (QED) is 0.141. The standard InChI is InChI=1S/C49H66O15/c1-27(23-58-24-29-9-7-6-8-10-29)49(56)39(22-36-34-16-13-31-21-32(51)17-19-47(31,3)35(34)18-20-48(36,49)4)62-46-43(61-28(2)50)41(38(53)26-60-46)64-45-42(40(54)37(52)25-59-45)63-44(55)30-11-14-33(57-5)15-12-30/h6-15,27,32,34-43,45-46,51-54,56H,16-26H2,1-5H3/t27-,32+,34-,35+,36+,37-,38+,39+,40+,41+,42-,43-,45+,46+,47+,48+,49-/m1/s1. The van der Waals surface area contributed by atoms with Crippen molar-refractivity contribution in [1.29, 1.82) is 0 Å². The Bertz CT molecular complexity index is 1960. The van der Waals surface area contributed by atoms with Crippen LogP contribution in [0, 0.1) is 34.5 Å². The predicted octanol–water partition coefficient (Wildman–Crippen LogP) is 4.24. The van der Waals surface area contributed by atoms with E-state index in [1.54, 1.807) is 12.1 Å². The third-order valence-corrected chi connectivity index (χ3v) is 15.9. The molecule has 0 spiro atoms. The van der Waals surface area contributed by atoms with E-state index in [-0.39, 0.29) is 42.1 Å². The van der Waals surface area contributed by atoms with Gasteiger partial charge in [-0.05, 0) is 97.9 Å². The Morgan fingerprint density at radius 1 is 0.844 bits per heavy atom. The molecule has 6 aliphatic rings. The minimum atomic E-state index is -1.64. The SMILES string of the molecule is COc1ccc(C(=O)O[C@H]2[C@H](O[C@@H]3[C@@H](OC(C)=O)[C@H](O[C@H]4C[C@H]5[C@@H]6CC=C7C[C@@H](O)CC[C@]7(C)[C@H]6CC[C@]5(C)[C@@]4(O)[C@H](C)COCc4ccccc4)OC[C@@H]3O)OC[C@@H](O)[C@@H]2O)cc1. The number of benzene rings is 2. The molecular formula is C49H66O15. The number of hydrogen-bond donors (Lipinski definition) is 5. The van der Waals surface area contributed by atoms with Gasteiger partial charge in [-0.25, -0.2) is 4.79 Å². The number of ether oxygens (including phenoxy) is 8. The molecule has 8 rings (SSSR count). The number of allylic oxidation sites excluding steroid dienone is 1. The summed E-state index contributed by atoms with van der Waals surface area (Å²) >= 11 is 0. The zero-order chi connectivity index (χ0) is 45.6. The molecule has 0 radical (unpaired) electrons. The zero-order valence-corrected chi connectivity index (χ0v) is 37.5. The summed E-state index contributed by atoms with van der Waals surface area (Å²) in [5, 5.41) is 57.3. The molecule has 15 nitrogen and oxygen atoms in total. The summed E-state index contributed by atoms with van der Waals surface area (Å²) in [6, 6.07) is 15.9. The molecule has 5 fully saturated rings. The topological polar surface area (TPSA) is 209 Å². The van der Waals surface area contributed by atoms with Crippen LogP contribution in [0.1, 0.15) is 88.6 Å². The van der Waals surface area contributed by atoms with E-state index >= 15 is 0 Å². The molecule has 3 saturated carbocycles. The van der Waals surface area contributed by atoms with Gasteiger partial charge in [0.05, 0.1) is 51.3 Å². The molecule has 5 N–H and O–H groups in total. The van der Waals surface area contributed by atoms with Crippen molar-refractivity contribution < 1.29 is 73.0 Å². The minimum Gasteiger partial charge on any atom is -0.497 e. The van der Waals surface area contributed by atoms with E-state index in [1.165, 1.54) is 31.7 Å². The molecule has 0 amide bonds. The van der Waals surface area contributed by atoms with Crippen LogP contribution >= 0.6 is 0 Å². The second-order valence-corrected chi connectivity index (χ2v) is 19.5. The first-order valence-corrected chi connectivity index (χ1v) is 22.9. The highest BCUT2D eigenvalue weighted by molar-refractivity contribution is 5.89. The summed E-state index contributed by atoms with van der Waals surface area (Å²) in [6.45, 7) is 7.58. The molecule has 2 aromatic carbocycles. The number of carbonyl (C=O) groups is 2. The number of aliphatic hydroxyl groups excluding tert-OH is 4. The first kappa shape index (κ1) is 47.0. The lowest BCUT2D eigenvalue weighted by molar-refractivity contribution is -0.346. The van der Waals surface area contributed by atoms with Crippen LogP contribution in [0.4, 0.5) is 0 Å². The zero-order valence-electron chi connectivity index (χ0n) is 37.5.